The van der Waals surface area contributed by atoms with Crippen LogP contribution in [0.15, 0.2) is 0 Å². The molecule has 1 N–H and O–H groups in total. The summed E-state index contributed by atoms with van der Waals surface area (Å²) >= 11 is 0. The van der Waals surface area contributed by atoms with Crippen molar-refractivity contribution in [1.29, 1.82) is 0 Å². The Labute approximate surface area is 58.5 Å². The van der Waals surface area contributed by atoms with Crippen molar-refractivity contribution in [3.63, 3.8) is 0 Å². The summed E-state index contributed by atoms with van der Waals surface area (Å²) in [5.74, 6) is 0.618. The van der Waals surface area contributed by atoms with E-state index >= 15 is 0 Å². The summed E-state index contributed by atoms with van der Waals surface area (Å²) in [6.45, 7) is 8.10. The molecule has 0 aromatic rings. The second kappa shape index (κ2) is 2.21. The number of hydrogen-bond acceptors (Lipinski definition) is 1. The summed E-state index contributed by atoms with van der Waals surface area (Å²) in [6.07, 6.45) is 0.978. The van der Waals surface area contributed by atoms with E-state index in [1.807, 2.05) is 20.0 Å². The standard InChI is InChI=1S/C7H19OP/c1-7(2)6-9(3,4,5)8/h7-8H,6H2,1-5H3. The molecule has 0 heterocycles. The molecule has 0 aromatic heterocycles. The van der Waals surface area contributed by atoms with Gasteiger partial charge < -0.3 is 0 Å². The molecular formula is C7H19OP. The molecule has 0 saturated carbocycles. The molecule has 0 aromatic carbocycles. The Balaban J connectivity index is 3.89. The first-order chi connectivity index (χ1) is 3.67. The summed E-state index contributed by atoms with van der Waals surface area (Å²) < 4.78 is 0. The molecule has 0 rings (SSSR count). The Hall–Kier alpha value is 0.390. The molecule has 0 unspecified atom stereocenters. The Morgan fingerprint density at radius 3 is 1.56 bits per heavy atom. The van der Waals surface area contributed by atoms with Crippen molar-refractivity contribution in [2.45, 2.75) is 13.8 Å². The van der Waals surface area contributed by atoms with E-state index in [9.17, 15) is 4.89 Å². The average Bonchev–Trinajstić information content (AvgIpc) is 1.16. The fraction of sp³-hybridized carbons (Fsp3) is 1.00. The molecule has 0 spiro atoms. The zero-order valence-electron chi connectivity index (χ0n) is 7.18. The van der Waals surface area contributed by atoms with Crippen LogP contribution >= 0.6 is 6.83 Å². The third kappa shape index (κ3) is 8.39. The van der Waals surface area contributed by atoms with Crippen molar-refractivity contribution < 1.29 is 4.89 Å². The molecule has 1 nitrogen and oxygen atoms in total. The van der Waals surface area contributed by atoms with E-state index in [0.29, 0.717) is 5.92 Å². The maximum atomic E-state index is 9.78. The maximum absolute atomic E-state index is 9.78. The number of rotatable bonds is 2. The summed E-state index contributed by atoms with van der Waals surface area (Å²) in [7, 11) is 0. The van der Waals surface area contributed by atoms with Gasteiger partial charge in [0, 0.05) is 0 Å². The minimum absolute atomic E-state index is 0.618. The van der Waals surface area contributed by atoms with Crippen LogP contribution in [-0.2, 0) is 0 Å². The van der Waals surface area contributed by atoms with Crippen LogP contribution in [0, 0.1) is 5.92 Å². The Kier molecular flexibility index (Phi) is 2.31. The quantitative estimate of drug-likeness (QED) is 0.597. The van der Waals surface area contributed by atoms with Crippen LogP contribution in [0.25, 0.3) is 0 Å². The first kappa shape index (κ1) is 9.39. The van der Waals surface area contributed by atoms with Crippen molar-refractivity contribution in [3.05, 3.63) is 0 Å². The molecule has 0 aliphatic heterocycles. The van der Waals surface area contributed by atoms with Crippen LogP contribution in [0.4, 0.5) is 0 Å². The van der Waals surface area contributed by atoms with Gasteiger partial charge in [-0.05, 0) is 0 Å². The normalized spacial score (nSPS) is 17.4. The molecule has 0 saturated heterocycles. The molecule has 0 bridgehead atoms. The van der Waals surface area contributed by atoms with E-state index < -0.39 is 6.83 Å². The zero-order valence-corrected chi connectivity index (χ0v) is 8.07. The van der Waals surface area contributed by atoms with Crippen LogP contribution in [0.2, 0.25) is 0 Å². The zero-order chi connectivity index (χ0) is 7.73. The summed E-state index contributed by atoms with van der Waals surface area (Å²) in [4.78, 5) is 9.78. The first-order valence-electron chi connectivity index (χ1n) is 3.42. The van der Waals surface area contributed by atoms with Gasteiger partial charge in [0.2, 0.25) is 0 Å². The molecule has 0 aliphatic carbocycles. The van der Waals surface area contributed by atoms with Gasteiger partial charge in [-0.3, -0.25) is 0 Å². The molecule has 9 heavy (non-hydrogen) atoms. The molecule has 0 amide bonds. The fourth-order valence-corrected chi connectivity index (χ4v) is 3.78. The fourth-order valence-electron chi connectivity index (χ4n) is 1.26. The summed E-state index contributed by atoms with van der Waals surface area (Å²) in [6, 6.07) is 0. The van der Waals surface area contributed by atoms with Crippen LogP contribution in [0.5, 0.6) is 0 Å². The van der Waals surface area contributed by atoms with Gasteiger partial charge in [0.05, 0.1) is 0 Å². The minimum atomic E-state index is -2.17. The second-order valence-electron chi connectivity index (χ2n) is 4.61. The van der Waals surface area contributed by atoms with Gasteiger partial charge in [-0.2, -0.15) is 0 Å². The first-order valence-corrected chi connectivity index (χ1v) is 7.14. The molecule has 0 fully saturated rings. The van der Waals surface area contributed by atoms with Crippen molar-refractivity contribution in [3.8, 4) is 0 Å². The van der Waals surface area contributed by atoms with Crippen molar-refractivity contribution in [2.24, 2.45) is 5.92 Å². The van der Waals surface area contributed by atoms with Crippen LogP contribution < -0.4 is 0 Å². The predicted molar refractivity (Wildman–Crippen MR) is 46.6 cm³/mol. The van der Waals surface area contributed by atoms with Crippen molar-refractivity contribution >= 4 is 6.83 Å². The predicted octanol–water partition coefficient (Wildman–Crippen LogP) is 1.99. The van der Waals surface area contributed by atoms with Crippen molar-refractivity contribution in [1.82, 2.24) is 0 Å². The van der Waals surface area contributed by atoms with Crippen LogP contribution in [0.3, 0.4) is 0 Å². The van der Waals surface area contributed by atoms with Gasteiger partial charge >= 0.3 is 57.6 Å². The molecule has 0 aliphatic rings. The summed E-state index contributed by atoms with van der Waals surface area (Å²) in [5.41, 5.74) is 0. The molecular weight excluding hydrogens is 131 g/mol. The second-order valence-corrected chi connectivity index (χ2v) is 11.0. The molecule has 0 atom stereocenters. The van der Waals surface area contributed by atoms with Gasteiger partial charge in [0.15, 0.2) is 0 Å². The third-order valence-electron chi connectivity index (χ3n) is 0.995. The van der Waals surface area contributed by atoms with Gasteiger partial charge in [-0.1, -0.05) is 0 Å². The van der Waals surface area contributed by atoms with Gasteiger partial charge in [0.1, 0.15) is 0 Å². The van der Waals surface area contributed by atoms with E-state index in [2.05, 4.69) is 13.8 Å². The monoisotopic (exact) mass is 150 g/mol. The van der Waals surface area contributed by atoms with E-state index in [4.69, 9.17) is 0 Å². The van der Waals surface area contributed by atoms with Crippen molar-refractivity contribution in [2.75, 3.05) is 26.2 Å². The van der Waals surface area contributed by atoms with E-state index in [1.165, 1.54) is 0 Å². The molecule has 0 radical (unpaired) electrons. The van der Waals surface area contributed by atoms with Crippen LogP contribution in [-0.4, -0.2) is 31.0 Å². The van der Waals surface area contributed by atoms with Gasteiger partial charge in [-0.15, -0.1) is 0 Å². The molecule has 58 valence electrons. The topological polar surface area (TPSA) is 20.2 Å². The average molecular weight is 150 g/mol. The Morgan fingerprint density at radius 2 is 1.56 bits per heavy atom. The van der Waals surface area contributed by atoms with E-state index in [-0.39, 0.29) is 0 Å². The molecule has 2 heteroatoms. The number of hydrogen-bond donors (Lipinski definition) is 1. The van der Waals surface area contributed by atoms with Gasteiger partial charge in [0.25, 0.3) is 0 Å². The summed E-state index contributed by atoms with van der Waals surface area (Å²) in [5, 5.41) is 0. The van der Waals surface area contributed by atoms with Gasteiger partial charge in [-0.25, -0.2) is 0 Å². The Morgan fingerprint density at radius 1 is 1.22 bits per heavy atom. The SMILES string of the molecule is CC(C)CP(C)(C)(C)O. The Bertz CT molecular complexity index is 90.0. The van der Waals surface area contributed by atoms with E-state index in [1.54, 1.807) is 0 Å². The third-order valence-corrected chi connectivity index (χ3v) is 2.98. The van der Waals surface area contributed by atoms with E-state index in [0.717, 1.165) is 6.16 Å². The van der Waals surface area contributed by atoms with Crippen LogP contribution in [0.1, 0.15) is 13.8 Å².